The first-order chi connectivity index (χ1) is 14.1. The number of benzene rings is 2. The van der Waals surface area contributed by atoms with Crippen LogP contribution in [0.3, 0.4) is 0 Å². The number of carbonyl (C=O) groups is 2. The molecule has 0 aliphatic carbocycles. The van der Waals surface area contributed by atoms with E-state index in [4.69, 9.17) is 10.00 Å². The van der Waals surface area contributed by atoms with Gasteiger partial charge in [-0.15, -0.1) is 0 Å². The molecular weight excluding hydrogens is 368 g/mol. The summed E-state index contributed by atoms with van der Waals surface area (Å²) in [6, 6.07) is 18.7. The number of pyridine rings is 1. The molecular formula is C22H18N4O3. The number of nitrogens with one attached hydrogen (secondary N) is 2. The van der Waals surface area contributed by atoms with E-state index in [1.165, 1.54) is 6.20 Å². The maximum Gasteiger partial charge on any atom is 0.338 e. The summed E-state index contributed by atoms with van der Waals surface area (Å²) >= 11 is 0. The fourth-order valence-corrected chi connectivity index (χ4v) is 2.56. The maximum absolute atomic E-state index is 12.5. The van der Waals surface area contributed by atoms with Crippen molar-refractivity contribution < 1.29 is 14.3 Å². The van der Waals surface area contributed by atoms with Crippen molar-refractivity contribution in [3.8, 4) is 6.07 Å². The Morgan fingerprint density at radius 3 is 2.55 bits per heavy atom. The smallest absolute Gasteiger partial charge is 0.338 e. The lowest BCUT2D eigenvalue weighted by atomic mass is 10.2. The summed E-state index contributed by atoms with van der Waals surface area (Å²) < 4.78 is 4.96. The van der Waals surface area contributed by atoms with Gasteiger partial charge in [-0.2, -0.15) is 5.26 Å². The molecule has 0 unspecified atom stereocenters. The van der Waals surface area contributed by atoms with Gasteiger partial charge in [-0.05, 0) is 61.5 Å². The molecule has 7 nitrogen and oxygen atoms in total. The molecule has 0 saturated heterocycles. The van der Waals surface area contributed by atoms with Crippen molar-refractivity contribution in [2.75, 3.05) is 17.2 Å². The Balaban J connectivity index is 1.69. The Morgan fingerprint density at radius 1 is 1.03 bits per heavy atom. The minimum absolute atomic E-state index is 0.316. The van der Waals surface area contributed by atoms with E-state index in [0.717, 1.165) is 0 Å². The number of rotatable bonds is 6. The van der Waals surface area contributed by atoms with Gasteiger partial charge in [0.05, 0.1) is 23.8 Å². The highest BCUT2D eigenvalue weighted by Crippen LogP contribution is 2.18. The number of hydrogen-bond acceptors (Lipinski definition) is 6. The zero-order valence-electron chi connectivity index (χ0n) is 15.7. The largest absolute Gasteiger partial charge is 0.462 e. The van der Waals surface area contributed by atoms with E-state index in [2.05, 4.69) is 15.6 Å². The van der Waals surface area contributed by atoms with Gasteiger partial charge in [-0.1, -0.05) is 6.07 Å². The summed E-state index contributed by atoms with van der Waals surface area (Å²) in [5.74, 6) is -0.216. The molecule has 0 bridgehead atoms. The van der Waals surface area contributed by atoms with Gasteiger partial charge in [0.25, 0.3) is 5.91 Å². The van der Waals surface area contributed by atoms with Crippen molar-refractivity contribution in [1.29, 1.82) is 5.26 Å². The molecule has 0 spiro atoms. The van der Waals surface area contributed by atoms with E-state index >= 15 is 0 Å². The molecule has 144 valence electrons. The van der Waals surface area contributed by atoms with Gasteiger partial charge < -0.3 is 15.4 Å². The number of aromatic nitrogens is 1. The number of anilines is 3. The standard InChI is InChI=1S/C22H18N4O3/c1-2-29-22(28)16-6-8-18(9-7-16)25-20-13-17(10-11-24-20)21(27)26-19-5-3-4-15(12-19)14-23/h3-13H,2H2,1H3,(H,24,25)(H,26,27). The van der Waals surface area contributed by atoms with Crippen LogP contribution in [0.5, 0.6) is 0 Å². The fourth-order valence-electron chi connectivity index (χ4n) is 2.56. The van der Waals surface area contributed by atoms with Crippen LogP contribution >= 0.6 is 0 Å². The highest BCUT2D eigenvalue weighted by molar-refractivity contribution is 6.04. The minimum Gasteiger partial charge on any atom is -0.462 e. The molecule has 1 amide bonds. The summed E-state index contributed by atoms with van der Waals surface area (Å²) in [6.07, 6.45) is 1.52. The number of hydrogen-bond donors (Lipinski definition) is 2. The highest BCUT2D eigenvalue weighted by atomic mass is 16.5. The van der Waals surface area contributed by atoms with Crippen LogP contribution in [-0.4, -0.2) is 23.5 Å². The number of nitrogens with zero attached hydrogens (tertiary/aromatic N) is 2. The molecule has 3 rings (SSSR count). The van der Waals surface area contributed by atoms with E-state index in [9.17, 15) is 9.59 Å². The van der Waals surface area contributed by atoms with Crippen molar-refractivity contribution in [1.82, 2.24) is 4.98 Å². The van der Waals surface area contributed by atoms with Gasteiger partial charge in [-0.25, -0.2) is 9.78 Å². The van der Waals surface area contributed by atoms with Crippen molar-refractivity contribution in [2.45, 2.75) is 6.92 Å². The van der Waals surface area contributed by atoms with Crippen LogP contribution in [0.25, 0.3) is 0 Å². The van der Waals surface area contributed by atoms with Crippen LogP contribution in [-0.2, 0) is 4.74 Å². The second kappa shape index (κ2) is 9.15. The lowest BCUT2D eigenvalue weighted by molar-refractivity contribution is 0.0526. The van der Waals surface area contributed by atoms with Gasteiger partial charge in [0.2, 0.25) is 0 Å². The van der Waals surface area contributed by atoms with E-state index in [1.54, 1.807) is 67.6 Å². The monoisotopic (exact) mass is 386 g/mol. The predicted molar refractivity (Wildman–Crippen MR) is 109 cm³/mol. The van der Waals surface area contributed by atoms with E-state index in [-0.39, 0.29) is 11.9 Å². The topological polar surface area (TPSA) is 104 Å². The number of ether oxygens (including phenoxy) is 1. The molecule has 1 heterocycles. The number of nitriles is 1. The summed E-state index contributed by atoms with van der Waals surface area (Å²) in [4.78, 5) is 28.4. The molecule has 0 radical (unpaired) electrons. The van der Waals surface area contributed by atoms with Crippen LogP contribution in [0.15, 0.2) is 66.9 Å². The zero-order valence-corrected chi connectivity index (χ0v) is 15.7. The third kappa shape index (κ3) is 5.17. The lowest BCUT2D eigenvalue weighted by Crippen LogP contribution is -2.12. The Morgan fingerprint density at radius 2 is 1.83 bits per heavy atom. The molecule has 29 heavy (non-hydrogen) atoms. The van der Waals surface area contributed by atoms with Crippen LogP contribution in [0, 0.1) is 11.3 Å². The number of amides is 1. The minimum atomic E-state index is -0.378. The van der Waals surface area contributed by atoms with Gasteiger partial charge in [0, 0.05) is 23.1 Å². The fraction of sp³-hybridized carbons (Fsp3) is 0.0909. The molecule has 0 saturated carbocycles. The second-order valence-electron chi connectivity index (χ2n) is 6.00. The average molecular weight is 386 g/mol. The summed E-state index contributed by atoms with van der Waals surface area (Å²) in [6.45, 7) is 2.07. The summed E-state index contributed by atoms with van der Waals surface area (Å²) in [7, 11) is 0. The quantitative estimate of drug-likeness (QED) is 0.618. The normalized spacial score (nSPS) is 9.93. The maximum atomic E-state index is 12.5. The van der Waals surface area contributed by atoms with Gasteiger partial charge in [-0.3, -0.25) is 4.79 Å². The number of carbonyl (C=O) groups excluding carboxylic acids is 2. The predicted octanol–water partition coefficient (Wildman–Crippen LogP) is 4.13. The SMILES string of the molecule is CCOC(=O)c1ccc(Nc2cc(C(=O)Nc3cccc(C#N)c3)ccn2)cc1. The van der Waals surface area contributed by atoms with E-state index in [0.29, 0.717) is 40.5 Å². The summed E-state index contributed by atoms with van der Waals surface area (Å²) in [5.41, 5.74) is 2.58. The van der Waals surface area contributed by atoms with Crippen molar-refractivity contribution in [3.05, 3.63) is 83.6 Å². The number of esters is 1. The Hall–Kier alpha value is -4.18. The third-order valence-electron chi connectivity index (χ3n) is 3.94. The highest BCUT2D eigenvalue weighted by Gasteiger charge is 2.09. The van der Waals surface area contributed by atoms with Crippen molar-refractivity contribution in [2.24, 2.45) is 0 Å². The van der Waals surface area contributed by atoms with Crippen LogP contribution in [0.1, 0.15) is 33.2 Å². The van der Waals surface area contributed by atoms with Crippen LogP contribution in [0.4, 0.5) is 17.2 Å². The van der Waals surface area contributed by atoms with Crippen LogP contribution < -0.4 is 10.6 Å². The third-order valence-corrected chi connectivity index (χ3v) is 3.94. The van der Waals surface area contributed by atoms with Crippen molar-refractivity contribution in [3.63, 3.8) is 0 Å². The molecule has 1 aromatic heterocycles. The molecule has 0 fully saturated rings. The van der Waals surface area contributed by atoms with E-state index < -0.39 is 0 Å². The first-order valence-electron chi connectivity index (χ1n) is 8.91. The molecule has 0 aliphatic heterocycles. The Labute approximate surface area is 168 Å². The molecule has 0 aliphatic rings. The van der Waals surface area contributed by atoms with E-state index in [1.807, 2.05) is 6.07 Å². The first kappa shape index (κ1) is 19.6. The molecule has 3 aromatic rings. The van der Waals surface area contributed by atoms with Gasteiger partial charge >= 0.3 is 5.97 Å². The Kier molecular flexibility index (Phi) is 6.18. The molecule has 0 atom stereocenters. The lowest BCUT2D eigenvalue weighted by Gasteiger charge is -2.09. The summed E-state index contributed by atoms with van der Waals surface area (Å²) in [5, 5.41) is 14.8. The van der Waals surface area contributed by atoms with Gasteiger partial charge in [0.15, 0.2) is 0 Å². The first-order valence-corrected chi connectivity index (χ1v) is 8.91. The van der Waals surface area contributed by atoms with Crippen LogP contribution in [0.2, 0.25) is 0 Å². The molecule has 2 N–H and O–H groups in total. The second-order valence-corrected chi connectivity index (χ2v) is 6.00. The molecule has 7 heteroatoms. The molecule has 2 aromatic carbocycles. The van der Waals surface area contributed by atoms with Crippen molar-refractivity contribution >= 4 is 29.1 Å². The Bertz CT molecular complexity index is 1070. The van der Waals surface area contributed by atoms with Gasteiger partial charge in [0.1, 0.15) is 5.82 Å². The zero-order chi connectivity index (χ0) is 20.6. The average Bonchev–Trinajstić information content (AvgIpc) is 2.75.